The van der Waals surface area contributed by atoms with Crippen molar-refractivity contribution in [2.75, 3.05) is 44.7 Å². The quantitative estimate of drug-likeness (QED) is 0.675. The van der Waals surface area contributed by atoms with Gasteiger partial charge in [-0.1, -0.05) is 11.6 Å². The summed E-state index contributed by atoms with van der Waals surface area (Å²) in [5.41, 5.74) is 1.34. The van der Waals surface area contributed by atoms with Crippen LogP contribution in [0.3, 0.4) is 0 Å². The molecule has 1 aromatic carbocycles. The first-order chi connectivity index (χ1) is 13.3. The van der Waals surface area contributed by atoms with Crippen LogP contribution in [0.15, 0.2) is 23.3 Å². The van der Waals surface area contributed by atoms with Crippen molar-refractivity contribution in [1.82, 2.24) is 9.91 Å². The number of hydrogen-bond acceptors (Lipinski definition) is 6. The van der Waals surface area contributed by atoms with Gasteiger partial charge in [0.1, 0.15) is 23.4 Å². The molecular formula is C19H24Cl2N4O3. The molecule has 2 aliphatic heterocycles. The fourth-order valence-corrected chi connectivity index (χ4v) is 3.93. The lowest BCUT2D eigenvalue weighted by molar-refractivity contribution is -0.133. The summed E-state index contributed by atoms with van der Waals surface area (Å²) in [4.78, 5) is 28.3. The first kappa shape index (κ1) is 20.7. The van der Waals surface area contributed by atoms with Crippen molar-refractivity contribution in [3.05, 3.63) is 23.2 Å². The highest BCUT2D eigenvalue weighted by Gasteiger charge is 2.36. The average Bonchev–Trinajstić information content (AvgIpc) is 2.97. The maximum atomic E-state index is 12.7. The van der Waals surface area contributed by atoms with Crippen molar-refractivity contribution >= 4 is 46.3 Å². The molecule has 2 atom stereocenters. The summed E-state index contributed by atoms with van der Waals surface area (Å²) in [6.07, 6.45) is 0. The van der Waals surface area contributed by atoms with Crippen LogP contribution in [0.1, 0.15) is 13.8 Å². The van der Waals surface area contributed by atoms with Crippen LogP contribution in [0.25, 0.3) is 0 Å². The summed E-state index contributed by atoms with van der Waals surface area (Å²) >= 11 is 12.4. The van der Waals surface area contributed by atoms with Crippen molar-refractivity contribution in [3.8, 4) is 5.75 Å². The summed E-state index contributed by atoms with van der Waals surface area (Å²) in [5, 5.41) is 5.96. The predicted octanol–water partition coefficient (Wildman–Crippen LogP) is 2.25. The van der Waals surface area contributed by atoms with Gasteiger partial charge >= 0.3 is 0 Å². The topological polar surface area (TPSA) is 65.5 Å². The van der Waals surface area contributed by atoms with Gasteiger partial charge in [-0.25, -0.2) is 0 Å². The first-order valence-electron chi connectivity index (χ1n) is 9.18. The van der Waals surface area contributed by atoms with Crippen LogP contribution in [-0.4, -0.2) is 78.6 Å². The molecule has 0 bridgehead atoms. The molecule has 9 heteroatoms. The molecule has 28 heavy (non-hydrogen) atoms. The molecule has 0 aliphatic carbocycles. The number of methoxy groups -OCH3 is 1. The molecule has 152 valence electrons. The Hall–Kier alpha value is -1.99. The van der Waals surface area contributed by atoms with Gasteiger partial charge in [0.05, 0.1) is 18.2 Å². The van der Waals surface area contributed by atoms with E-state index >= 15 is 0 Å². The van der Waals surface area contributed by atoms with Crippen LogP contribution < -0.4 is 9.64 Å². The number of carbonyl (C=O) groups excluding carboxylic acids is 2. The zero-order chi connectivity index (χ0) is 20.4. The summed E-state index contributed by atoms with van der Waals surface area (Å²) in [6, 6.07) is 5.49. The Kier molecular flexibility index (Phi) is 6.35. The summed E-state index contributed by atoms with van der Waals surface area (Å²) in [5.74, 6) is 0.460. The van der Waals surface area contributed by atoms with Crippen molar-refractivity contribution in [2.24, 2.45) is 5.10 Å². The second kappa shape index (κ2) is 8.57. The maximum absolute atomic E-state index is 12.7. The van der Waals surface area contributed by atoms with Gasteiger partial charge in [-0.2, -0.15) is 5.10 Å². The van der Waals surface area contributed by atoms with E-state index in [9.17, 15) is 9.59 Å². The van der Waals surface area contributed by atoms with Gasteiger partial charge in [0.2, 0.25) is 5.91 Å². The van der Waals surface area contributed by atoms with Crippen LogP contribution in [0, 0.1) is 0 Å². The van der Waals surface area contributed by atoms with Gasteiger partial charge < -0.3 is 14.5 Å². The van der Waals surface area contributed by atoms with E-state index in [1.807, 2.05) is 30.0 Å². The first-order valence-corrected chi connectivity index (χ1v) is 9.99. The van der Waals surface area contributed by atoms with Crippen molar-refractivity contribution < 1.29 is 14.3 Å². The molecule has 0 aromatic heterocycles. The Morgan fingerprint density at radius 3 is 2.50 bits per heavy atom. The second-order valence-electron chi connectivity index (χ2n) is 6.97. The fraction of sp³-hybridized carbons (Fsp3) is 0.526. The smallest absolute Gasteiger partial charge is 0.243 e. The maximum Gasteiger partial charge on any atom is 0.243 e. The molecule has 7 nitrogen and oxygen atoms in total. The molecule has 0 spiro atoms. The summed E-state index contributed by atoms with van der Waals surface area (Å²) in [6.45, 7) is 6.08. The normalized spacial score (nSPS) is 22.3. The number of ether oxygens (including phenoxy) is 1. The third kappa shape index (κ3) is 4.20. The summed E-state index contributed by atoms with van der Waals surface area (Å²) in [7, 11) is 1.59. The minimum absolute atomic E-state index is 0.0161. The largest absolute Gasteiger partial charge is 0.495 e. The molecule has 1 amide bonds. The second-order valence-corrected chi connectivity index (χ2v) is 7.85. The average molecular weight is 427 g/mol. The number of hydrazone groups is 1. The number of rotatable bonds is 5. The lowest BCUT2D eigenvalue weighted by atomic mass is 10.1. The number of piperazine rings is 1. The molecule has 0 saturated carbocycles. The van der Waals surface area contributed by atoms with Gasteiger partial charge in [0.25, 0.3) is 0 Å². The Morgan fingerprint density at radius 2 is 1.93 bits per heavy atom. The number of alkyl halides is 1. The Morgan fingerprint density at radius 1 is 1.25 bits per heavy atom. The number of benzene rings is 1. The number of halogens is 2. The molecule has 2 heterocycles. The Bertz CT molecular complexity index is 793. The number of ketones is 1. The zero-order valence-corrected chi connectivity index (χ0v) is 17.7. The van der Waals surface area contributed by atoms with Gasteiger partial charge in [-0.05, 0) is 19.1 Å². The predicted molar refractivity (Wildman–Crippen MR) is 111 cm³/mol. The van der Waals surface area contributed by atoms with Crippen molar-refractivity contribution in [1.29, 1.82) is 0 Å². The van der Waals surface area contributed by atoms with Crippen LogP contribution in [0.4, 0.5) is 5.69 Å². The number of Topliss-reactive ketones (excluding diaryl/α,β-unsaturated/α-hetero) is 1. The van der Waals surface area contributed by atoms with E-state index < -0.39 is 5.38 Å². The monoisotopic (exact) mass is 426 g/mol. The van der Waals surface area contributed by atoms with E-state index in [4.69, 9.17) is 27.9 Å². The van der Waals surface area contributed by atoms with Crippen LogP contribution >= 0.6 is 23.2 Å². The van der Waals surface area contributed by atoms with E-state index in [1.165, 1.54) is 6.92 Å². The third-order valence-corrected chi connectivity index (χ3v) is 6.06. The highest BCUT2D eigenvalue weighted by atomic mass is 35.5. The lowest BCUT2D eigenvalue weighted by Gasteiger charge is -2.37. The molecule has 3 rings (SSSR count). The molecule has 0 radical (unpaired) electrons. The molecular weight excluding hydrogens is 403 g/mol. The fourth-order valence-electron chi connectivity index (χ4n) is 3.41. The highest BCUT2D eigenvalue weighted by Crippen LogP contribution is 2.30. The van der Waals surface area contributed by atoms with Crippen molar-refractivity contribution in [3.63, 3.8) is 0 Å². The number of carbonyl (C=O) groups is 2. The molecule has 1 fully saturated rings. The molecule has 2 aliphatic rings. The van der Waals surface area contributed by atoms with Crippen LogP contribution in [0.2, 0.25) is 5.02 Å². The molecule has 0 N–H and O–H groups in total. The molecule has 1 saturated heterocycles. The van der Waals surface area contributed by atoms with Gasteiger partial charge in [0.15, 0.2) is 5.78 Å². The van der Waals surface area contributed by atoms with Gasteiger partial charge in [-0.3, -0.25) is 14.6 Å². The minimum atomic E-state index is -0.484. The number of anilines is 1. The minimum Gasteiger partial charge on any atom is -0.495 e. The van der Waals surface area contributed by atoms with E-state index in [0.717, 1.165) is 5.69 Å². The number of nitrogens with zero attached hydrogens (tertiary/aromatic N) is 4. The Balaban J connectivity index is 1.58. The zero-order valence-electron chi connectivity index (χ0n) is 16.2. The molecule has 1 aromatic rings. The van der Waals surface area contributed by atoms with Crippen LogP contribution in [-0.2, 0) is 9.59 Å². The van der Waals surface area contributed by atoms with E-state index in [0.29, 0.717) is 42.7 Å². The lowest BCUT2D eigenvalue weighted by Crippen LogP contribution is -2.51. The highest BCUT2D eigenvalue weighted by molar-refractivity contribution is 6.51. The molecule has 2 unspecified atom stereocenters. The van der Waals surface area contributed by atoms with E-state index in [1.54, 1.807) is 12.1 Å². The Labute approximate surface area is 174 Å². The van der Waals surface area contributed by atoms with Crippen molar-refractivity contribution in [2.45, 2.75) is 25.3 Å². The third-order valence-electron chi connectivity index (χ3n) is 5.18. The van der Waals surface area contributed by atoms with E-state index in [-0.39, 0.29) is 24.3 Å². The van der Waals surface area contributed by atoms with Gasteiger partial charge in [-0.15, -0.1) is 11.6 Å². The number of hydrogen-bond donors (Lipinski definition) is 0. The standard InChI is InChI=1S/C19H24Cl2N4O3/c1-12-18(21)19(13(2)26)22-25(12)11-17(27)24-8-6-23(7-9-24)14-4-5-15(20)16(10-14)28-3/h4-5,10,12,18H,6-9,11H2,1-3H3. The van der Waals surface area contributed by atoms with Crippen LogP contribution in [0.5, 0.6) is 5.75 Å². The van der Waals surface area contributed by atoms with E-state index in [2.05, 4.69) is 10.0 Å². The summed E-state index contributed by atoms with van der Waals surface area (Å²) < 4.78 is 5.28. The SMILES string of the molecule is COc1cc(N2CCN(C(=O)CN3N=C(C(C)=O)C(Cl)C3C)CC2)ccc1Cl. The van der Waals surface area contributed by atoms with Gasteiger partial charge in [0, 0.05) is 44.9 Å². The number of amides is 1.